The molecule has 8 nitrogen and oxygen atoms in total. The quantitative estimate of drug-likeness (QED) is 0.515. The van der Waals surface area contributed by atoms with Gasteiger partial charge in [-0.15, -0.1) is 0 Å². The predicted octanol–water partition coefficient (Wildman–Crippen LogP) is 1.21. The first kappa shape index (κ1) is 19.6. The van der Waals surface area contributed by atoms with Gasteiger partial charge in [-0.05, 0) is 51.4 Å². The molecular weight excluding hydrogens is 402 g/mol. The van der Waals surface area contributed by atoms with E-state index in [2.05, 4.69) is 5.32 Å². The van der Waals surface area contributed by atoms with Crippen molar-refractivity contribution < 1.29 is 33.4 Å². The van der Waals surface area contributed by atoms with Gasteiger partial charge in [-0.1, -0.05) is 6.92 Å². The predicted molar refractivity (Wildman–Crippen MR) is 104 cm³/mol. The average molecular weight is 431 g/mol. The lowest BCUT2D eigenvalue weighted by atomic mass is 9.78. The second kappa shape index (κ2) is 6.23. The highest BCUT2D eigenvalue weighted by molar-refractivity contribution is 5.87. The van der Waals surface area contributed by atoms with Gasteiger partial charge < -0.3 is 19.5 Å². The number of rotatable bonds is 5. The van der Waals surface area contributed by atoms with Gasteiger partial charge in [0, 0.05) is 17.8 Å². The van der Waals surface area contributed by atoms with Crippen molar-refractivity contribution in [1.82, 2.24) is 5.32 Å². The molecule has 0 aromatic rings. The SMILES string of the molecule is CCC(C)(C)C(=O)OC1C2CC3C1OC(=O)C3C2C(=O)OC1C2CC3C(=O)NC1C3C2. The molecule has 11 unspecified atom stereocenters. The Morgan fingerprint density at radius 2 is 1.84 bits per heavy atom. The van der Waals surface area contributed by atoms with E-state index < -0.39 is 35.4 Å². The molecule has 6 rings (SSSR count). The van der Waals surface area contributed by atoms with Crippen LogP contribution in [0.25, 0.3) is 0 Å². The summed E-state index contributed by atoms with van der Waals surface area (Å²) in [6.07, 6.45) is 1.55. The van der Waals surface area contributed by atoms with Crippen LogP contribution in [-0.2, 0) is 33.4 Å². The van der Waals surface area contributed by atoms with E-state index in [4.69, 9.17) is 14.2 Å². The standard InChI is InChI=1S/C23H29NO7/c1-4-23(2,3)22(28)31-18-12-7-11-13(21(27)30-17(11)18)14(12)20(26)29-16-8-5-9-10(6-8)19(25)24-15(9)16/h8-18H,4-7H2,1-3H3,(H,24,25). The summed E-state index contributed by atoms with van der Waals surface area (Å²) in [4.78, 5) is 50.8. The number of amides is 1. The van der Waals surface area contributed by atoms with Crippen molar-refractivity contribution >= 4 is 23.8 Å². The Bertz CT molecular complexity index is 883. The topological polar surface area (TPSA) is 108 Å². The van der Waals surface area contributed by atoms with E-state index in [9.17, 15) is 19.2 Å². The van der Waals surface area contributed by atoms with Gasteiger partial charge in [0.1, 0.15) is 18.3 Å². The van der Waals surface area contributed by atoms with Gasteiger partial charge in [0.15, 0.2) is 0 Å². The van der Waals surface area contributed by atoms with Crippen molar-refractivity contribution in [3.8, 4) is 0 Å². The molecule has 31 heavy (non-hydrogen) atoms. The first-order valence-corrected chi connectivity index (χ1v) is 11.6. The minimum Gasteiger partial charge on any atom is -0.460 e. The number of hydrogen-bond donors (Lipinski definition) is 1. The molecule has 0 aromatic heterocycles. The Morgan fingerprint density at radius 3 is 2.58 bits per heavy atom. The zero-order valence-corrected chi connectivity index (χ0v) is 18.0. The number of carbonyl (C=O) groups is 4. The summed E-state index contributed by atoms with van der Waals surface area (Å²) in [6.45, 7) is 5.58. The molecule has 2 aliphatic heterocycles. The van der Waals surface area contributed by atoms with Crippen molar-refractivity contribution in [2.24, 2.45) is 46.8 Å². The highest BCUT2D eigenvalue weighted by atomic mass is 16.6. The first-order chi connectivity index (χ1) is 14.7. The summed E-state index contributed by atoms with van der Waals surface area (Å²) in [7, 11) is 0. The summed E-state index contributed by atoms with van der Waals surface area (Å²) in [5.74, 6) is -2.06. The minimum absolute atomic E-state index is 0.0590. The third-order valence-corrected chi connectivity index (χ3v) is 9.32. The molecule has 2 saturated heterocycles. The van der Waals surface area contributed by atoms with Crippen LogP contribution in [0.3, 0.4) is 0 Å². The lowest BCUT2D eigenvalue weighted by molar-refractivity contribution is -0.175. The Morgan fingerprint density at radius 1 is 1.06 bits per heavy atom. The molecule has 11 atom stereocenters. The number of carbonyl (C=O) groups excluding carboxylic acids is 4. The zero-order chi connectivity index (χ0) is 21.8. The van der Waals surface area contributed by atoms with Crippen molar-refractivity contribution in [2.45, 2.75) is 70.8 Å². The Hall–Kier alpha value is -2.12. The molecule has 2 heterocycles. The smallest absolute Gasteiger partial charge is 0.311 e. The van der Waals surface area contributed by atoms with Crippen LogP contribution < -0.4 is 5.32 Å². The summed E-state index contributed by atoms with van der Waals surface area (Å²) in [6, 6.07) is -0.110. The number of nitrogens with one attached hydrogen (secondary N) is 1. The van der Waals surface area contributed by atoms with Crippen LogP contribution in [0.2, 0.25) is 0 Å². The highest BCUT2D eigenvalue weighted by Gasteiger charge is 2.71. The minimum atomic E-state index is -0.647. The van der Waals surface area contributed by atoms with Gasteiger partial charge in [-0.3, -0.25) is 19.2 Å². The van der Waals surface area contributed by atoms with E-state index in [1.807, 2.05) is 20.8 Å². The van der Waals surface area contributed by atoms with E-state index >= 15 is 0 Å². The number of hydrogen-bond acceptors (Lipinski definition) is 7. The van der Waals surface area contributed by atoms with E-state index in [-0.39, 0.29) is 59.6 Å². The normalized spacial score (nSPS) is 48.2. The Balaban J connectivity index is 1.22. The van der Waals surface area contributed by atoms with Crippen LogP contribution in [0.4, 0.5) is 0 Å². The van der Waals surface area contributed by atoms with E-state index in [1.54, 1.807) is 0 Å². The van der Waals surface area contributed by atoms with Crippen LogP contribution in [0.5, 0.6) is 0 Å². The average Bonchev–Trinajstić information content (AvgIpc) is 3.51. The summed E-state index contributed by atoms with van der Waals surface area (Å²) < 4.78 is 17.4. The molecule has 6 aliphatic rings. The number of esters is 3. The van der Waals surface area contributed by atoms with Gasteiger partial charge in [0.25, 0.3) is 0 Å². The molecule has 0 radical (unpaired) electrons. The fraction of sp³-hybridized carbons (Fsp3) is 0.826. The molecular formula is C23H29NO7. The fourth-order valence-corrected chi connectivity index (χ4v) is 7.35. The third kappa shape index (κ3) is 2.47. The van der Waals surface area contributed by atoms with Gasteiger partial charge in [0.2, 0.25) is 5.91 Å². The highest BCUT2D eigenvalue weighted by Crippen LogP contribution is 2.60. The maximum absolute atomic E-state index is 13.4. The second-order valence-electron chi connectivity index (χ2n) is 11.1. The number of ether oxygens (including phenoxy) is 3. The zero-order valence-electron chi connectivity index (χ0n) is 18.0. The maximum atomic E-state index is 13.4. The molecule has 4 bridgehead atoms. The maximum Gasteiger partial charge on any atom is 0.311 e. The van der Waals surface area contributed by atoms with Crippen molar-refractivity contribution in [1.29, 1.82) is 0 Å². The monoisotopic (exact) mass is 431 g/mol. The first-order valence-electron chi connectivity index (χ1n) is 11.6. The van der Waals surface area contributed by atoms with Crippen LogP contribution >= 0.6 is 0 Å². The largest absolute Gasteiger partial charge is 0.460 e. The molecule has 6 fully saturated rings. The van der Waals surface area contributed by atoms with Crippen molar-refractivity contribution in [3.63, 3.8) is 0 Å². The van der Waals surface area contributed by atoms with Gasteiger partial charge in [0.05, 0.1) is 23.3 Å². The van der Waals surface area contributed by atoms with Crippen molar-refractivity contribution in [3.05, 3.63) is 0 Å². The van der Waals surface area contributed by atoms with Crippen LogP contribution in [-0.4, -0.2) is 48.2 Å². The fourth-order valence-electron chi connectivity index (χ4n) is 7.35. The molecule has 0 aromatic carbocycles. The molecule has 1 amide bonds. The number of fused-ring (bicyclic) bond motifs is 2. The molecule has 1 N–H and O–H groups in total. The molecule has 168 valence electrons. The van der Waals surface area contributed by atoms with E-state index in [0.29, 0.717) is 12.8 Å². The van der Waals surface area contributed by atoms with E-state index in [0.717, 1.165) is 12.8 Å². The van der Waals surface area contributed by atoms with Gasteiger partial charge >= 0.3 is 17.9 Å². The van der Waals surface area contributed by atoms with Crippen LogP contribution in [0.1, 0.15) is 46.5 Å². The Kier molecular flexibility index (Phi) is 3.93. The summed E-state index contributed by atoms with van der Waals surface area (Å²) >= 11 is 0. The van der Waals surface area contributed by atoms with Gasteiger partial charge in [-0.25, -0.2) is 0 Å². The lowest BCUT2D eigenvalue weighted by Crippen LogP contribution is -2.47. The van der Waals surface area contributed by atoms with Gasteiger partial charge in [-0.2, -0.15) is 0 Å². The molecule has 8 heteroatoms. The van der Waals surface area contributed by atoms with Crippen LogP contribution in [0.15, 0.2) is 0 Å². The van der Waals surface area contributed by atoms with Crippen molar-refractivity contribution in [2.75, 3.05) is 0 Å². The molecule has 0 spiro atoms. The molecule has 4 saturated carbocycles. The van der Waals surface area contributed by atoms with Crippen LogP contribution in [0, 0.1) is 46.8 Å². The Labute approximate surface area is 180 Å². The van der Waals surface area contributed by atoms with E-state index in [1.165, 1.54) is 0 Å². The third-order valence-electron chi connectivity index (χ3n) is 9.32. The second-order valence-corrected chi connectivity index (χ2v) is 11.1. The summed E-state index contributed by atoms with van der Waals surface area (Å²) in [5, 5.41) is 3.01. The summed E-state index contributed by atoms with van der Waals surface area (Å²) in [5.41, 5.74) is -0.639. The molecule has 4 aliphatic carbocycles. The lowest BCUT2D eigenvalue weighted by Gasteiger charge is -2.34.